The largest absolute Gasteiger partial charge is 0.497 e. The van der Waals surface area contributed by atoms with E-state index in [-0.39, 0.29) is 31.4 Å². The van der Waals surface area contributed by atoms with Crippen LogP contribution in [0.1, 0.15) is 0 Å². The summed E-state index contributed by atoms with van der Waals surface area (Å²) in [4.78, 5) is 27.6. The Morgan fingerprint density at radius 2 is 1.91 bits per heavy atom. The quantitative estimate of drug-likeness (QED) is 0.635. The van der Waals surface area contributed by atoms with Crippen LogP contribution in [-0.4, -0.2) is 43.5 Å². The first-order chi connectivity index (χ1) is 11.1. The number of hydrogen-bond acceptors (Lipinski definition) is 5. The van der Waals surface area contributed by atoms with Gasteiger partial charge in [0.2, 0.25) is 11.8 Å². The smallest absolute Gasteiger partial charge is 0.248 e. The van der Waals surface area contributed by atoms with Crippen molar-refractivity contribution < 1.29 is 14.3 Å². The highest BCUT2D eigenvalue weighted by atomic mass is 16.5. The first-order valence-corrected chi connectivity index (χ1v) is 7.16. The number of amides is 2. The normalized spacial score (nSPS) is 15.7. The van der Waals surface area contributed by atoms with Crippen molar-refractivity contribution in [3.8, 4) is 11.8 Å². The number of fused-ring (bicyclic) bond motifs is 1. The molecule has 2 amide bonds. The Hall–Kier alpha value is -2.91. The van der Waals surface area contributed by atoms with Crippen LogP contribution in [0.3, 0.4) is 0 Å². The molecule has 6 heteroatoms. The number of anilines is 1. The highest BCUT2D eigenvalue weighted by molar-refractivity contribution is 6.21. The van der Waals surface area contributed by atoms with Crippen molar-refractivity contribution in [3.63, 3.8) is 0 Å². The molecular weight excluding hydrogens is 294 g/mol. The number of nitrogens with zero attached hydrogens (tertiary/aromatic N) is 3. The van der Waals surface area contributed by atoms with Crippen LogP contribution in [-0.2, 0) is 9.59 Å². The van der Waals surface area contributed by atoms with Gasteiger partial charge in [-0.2, -0.15) is 5.26 Å². The van der Waals surface area contributed by atoms with E-state index >= 15 is 0 Å². The Morgan fingerprint density at radius 1 is 1.17 bits per heavy atom. The van der Waals surface area contributed by atoms with Crippen molar-refractivity contribution in [3.05, 3.63) is 36.4 Å². The number of rotatable bonds is 3. The third-order valence-corrected chi connectivity index (χ3v) is 3.82. The lowest BCUT2D eigenvalue weighted by atomic mass is 10.1. The number of carbonyl (C=O) groups excluding carboxylic acids is 2. The third kappa shape index (κ3) is 2.74. The fourth-order valence-electron chi connectivity index (χ4n) is 2.76. The van der Waals surface area contributed by atoms with Gasteiger partial charge in [0, 0.05) is 5.39 Å². The SMILES string of the molecule is COc1ccc2cccc(N3C(=O)CN(CC#N)CC3=O)c2c1. The summed E-state index contributed by atoms with van der Waals surface area (Å²) < 4.78 is 5.23. The van der Waals surface area contributed by atoms with Crippen LogP contribution in [0, 0.1) is 11.3 Å². The van der Waals surface area contributed by atoms with Crippen molar-refractivity contribution in [2.45, 2.75) is 0 Å². The van der Waals surface area contributed by atoms with Crippen LogP contribution >= 0.6 is 0 Å². The average molecular weight is 309 g/mol. The minimum atomic E-state index is -0.327. The molecule has 1 aliphatic heterocycles. The van der Waals surface area contributed by atoms with Crippen molar-refractivity contribution in [2.75, 3.05) is 31.6 Å². The summed E-state index contributed by atoms with van der Waals surface area (Å²) in [5.41, 5.74) is 0.549. The molecule has 1 fully saturated rings. The van der Waals surface area contributed by atoms with Gasteiger partial charge in [-0.15, -0.1) is 0 Å². The molecule has 0 aliphatic carbocycles. The predicted molar refractivity (Wildman–Crippen MR) is 85.0 cm³/mol. The number of nitriles is 1. The second-order valence-electron chi connectivity index (χ2n) is 5.29. The summed E-state index contributed by atoms with van der Waals surface area (Å²) in [5.74, 6) is 0.00612. The maximum atomic E-state index is 12.4. The molecular formula is C17H15N3O3. The van der Waals surface area contributed by atoms with E-state index < -0.39 is 0 Å². The van der Waals surface area contributed by atoms with Crippen LogP contribution < -0.4 is 9.64 Å². The first kappa shape index (κ1) is 15.0. The van der Waals surface area contributed by atoms with Crippen LogP contribution in [0.5, 0.6) is 5.75 Å². The maximum absolute atomic E-state index is 12.4. The number of ether oxygens (including phenoxy) is 1. The fraction of sp³-hybridized carbons (Fsp3) is 0.235. The zero-order chi connectivity index (χ0) is 16.4. The molecule has 0 bridgehead atoms. The Labute approximate surface area is 133 Å². The molecule has 0 aromatic heterocycles. The van der Waals surface area contributed by atoms with E-state index in [1.807, 2.05) is 36.4 Å². The Bertz CT molecular complexity index is 807. The van der Waals surface area contributed by atoms with Crippen LogP contribution in [0.15, 0.2) is 36.4 Å². The standard InChI is InChI=1S/C17H15N3O3/c1-23-13-6-5-12-3-2-4-15(14(12)9-13)20-16(21)10-19(8-7-18)11-17(20)22/h2-6,9H,8,10-11H2,1H3. The predicted octanol–water partition coefficient (Wildman–Crippen LogP) is 1.55. The zero-order valence-corrected chi connectivity index (χ0v) is 12.7. The van der Waals surface area contributed by atoms with Gasteiger partial charge >= 0.3 is 0 Å². The van der Waals surface area contributed by atoms with Crippen LogP contribution in [0.2, 0.25) is 0 Å². The topological polar surface area (TPSA) is 73.6 Å². The Kier molecular flexibility index (Phi) is 3.96. The van der Waals surface area contributed by atoms with Gasteiger partial charge in [0.25, 0.3) is 0 Å². The number of imide groups is 1. The number of hydrogen-bond donors (Lipinski definition) is 0. The van der Waals surface area contributed by atoms with E-state index in [0.29, 0.717) is 11.4 Å². The molecule has 2 aromatic rings. The van der Waals surface area contributed by atoms with Gasteiger partial charge in [0.15, 0.2) is 0 Å². The second-order valence-corrected chi connectivity index (χ2v) is 5.29. The molecule has 23 heavy (non-hydrogen) atoms. The molecule has 0 spiro atoms. The summed E-state index contributed by atoms with van der Waals surface area (Å²) >= 11 is 0. The molecule has 1 heterocycles. The highest BCUT2D eigenvalue weighted by Gasteiger charge is 2.32. The van der Waals surface area contributed by atoms with E-state index in [0.717, 1.165) is 10.8 Å². The van der Waals surface area contributed by atoms with E-state index in [1.54, 1.807) is 13.2 Å². The molecule has 1 aliphatic rings. The highest BCUT2D eigenvalue weighted by Crippen LogP contribution is 2.31. The zero-order valence-electron chi connectivity index (χ0n) is 12.7. The summed E-state index contributed by atoms with van der Waals surface area (Å²) in [5, 5.41) is 10.4. The van der Waals surface area contributed by atoms with E-state index in [1.165, 1.54) is 9.80 Å². The van der Waals surface area contributed by atoms with E-state index in [4.69, 9.17) is 10.00 Å². The van der Waals surface area contributed by atoms with Gasteiger partial charge < -0.3 is 4.74 Å². The molecule has 1 saturated heterocycles. The lowest BCUT2D eigenvalue weighted by molar-refractivity contribution is -0.131. The molecule has 0 N–H and O–H groups in total. The Balaban J connectivity index is 2.04. The summed E-state index contributed by atoms with van der Waals surface area (Å²) in [6.07, 6.45) is 0. The Morgan fingerprint density at radius 3 is 2.57 bits per heavy atom. The van der Waals surface area contributed by atoms with Gasteiger partial charge in [-0.25, -0.2) is 4.90 Å². The monoisotopic (exact) mass is 309 g/mol. The van der Waals surface area contributed by atoms with Crippen molar-refractivity contribution in [2.24, 2.45) is 0 Å². The van der Waals surface area contributed by atoms with Crippen LogP contribution in [0.4, 0.5) is 5.69 Å². The summed E-state index contributed by atoms with van der Waals surface area (Å²) in [7, 11) is 1.57. The van der Waals surface area contributed by atoms with Crippen molar-refractivity contribution in [1.29, 1.82) is 5.26 Å². The van der Waals surface area contributed by atoms with E-state index in [9.17, 15) is 9.59 Å². The fourth-order valence-corrected chi connectivity index (χ4v) is 2.76. The molecule has 2 aromatic carbocycles. The molecule has 3 rings (SSSR count). The molecule has 0 atom stereocenters. The molecule has 0 unspecified atom stereocenters. The first-order valence-electron chi connectivity index (χ1n) is 7.16. The van der Waals surface area contributed by atoms with E-state index in [2.05, 4.69) is 0 Å². The number of methoxy groups -OCH3 is 1. The maximum Gasteiger partial charge on any atom is 0.248 e. The minimum absolute atomic E-state index is 0.0552. The average Bonchev–Trinajstić information content (AvgIpc) is 2.54. The molecule has 116 valence electrons. The summed E-state index contributed by atoms with van der Waals surface area (Å²) in [6.45, 7) is 0.175. The van der Waals surface area contributed by atoms with Crippen molar-refractivity contribution >= 4 is 28.3 Å². The van der Waals surface area contributed by atoms with Crippen LogP contribution in [0.25, 0.3) is 10.8 Å². The lowest BCUT2D eigenvalue weighted by Crippen LogP contribution is -2.54. The lowest BCUT2D eigenvalue weighted by Gasteiger charge is -2.31. The number of benzene rings is 2. The second kappa shape index (κ2) is 6.07. The molecule has 0 saturated carbocycles. The van der Waals surface area contributed by atoms with Gasteiger partial charge in [0.05, 0.1) is 38.5 Å². The third-order valence-electron chi connectivity index (χ3n) is 3.82. The van der Waals surface area contributed by atoms with Gasteiger partial charge in [-0.05, 0) is 23.6 Å². The molecule has 6 nitrogen and oxygen atoms in total. The number of carbonyl (C=O) groups is 2. The van der Waals surface area contributed by atoms with Gasteiger partial charge in [-0.1, -0.05) is 18.2 Å². The van der Waals surface area contributed by atoms with Gasteiger partial charge in [0.1, 0.15) is 5.75 Å². The number of piperazine rings is 1. The van der Waals surface area contributed by atoms with Gasteiger partial charge in [-0.3, -0.25) is 14.5 Å². The molecule has 0 radical (unpaired) electrons. The summed E-state index contributed by atoms with van der Waals surface area (Å²) in [6, 6.07) is 13.0. The minimum Gasteiger partial charge on any atom is -0.497 e. The van der Waals surface area contributed by atoms with Crippen molar-refractivity contribution in [1.82, 2.24) is 4.90 Å².